The van der Waals surface area contributed by atoms with Gasteiger partial charge >= 0.3 is 0 Å². The van der Waals surface area contributed by atoms with E-state index in [1.165, 1.54) is 12.1 Å². The molecule has 1 aliphatic rings. The van der Waals surface area contributed by atoms with Gasteiger partial charge in [-0.05, 0) is 19.4 Å². The third kappa shape index (κ3) is 2.89. The van der Waals surface area contributed by atoms with Crippen LogP contribution < -0.4 is 0 Å². The van der Waals surface area contributed by atoms with Gasteiger partial charge in [0.05, 0.1) is 32.8 Å². The first-order chi connectivity index (χ1) is 11.8. The van der Waals surface area contributed by atoms with E-state index in [1.54, 1.807) is 0 Å². The third-order valence-corrected chi connectivity index (χ3v) is 4.08. The molecule has 0 aliphatic carbocycles. The van der Waals surface area contributed by atoms with Crippen molar-refractivity contribution >= 4 is 22.8 Å². The molecule has 0 saturated heterocycles. The lowest BCUT2D eigenvalue weighted by atomic mass is 9.77. The van der Waals surface area contributed by atoms with Gasteiger partial charge in [-0.3, -0.25) is 20.2 Å². The Morgan fingerprint density at radius 2 is 1.28 bits per heavy atom. The predicted octanol–water partition coefficient (Wildman–Crippen LogP) is 3.74. The molecule has 126 valence electrons. The molecule has 0 N–H and O–H groups in total. The molecule has 0 amide bonds. The van der Waals surface area contributed by atoms with E-state index < -0.39 is 15.3 Å². The van der Waals surface area contributed by atoms with Gasteiger partial charge in [-0.25, -0.2) is 0 Å². The van der Waals surface area contributed by atoms with Gasteiger partial charge in [0.1, 0.15) is 0 Å². The van der Waals surface area contributed by atoms with E-state index in [2.05, 4.69) is 10.2 Å². The van der Waals surface area contributed by atoms with Crippen molar-refractivity contribution in [3.8, 4) is 0 Å². The summed E-state index contributed by atoms with van der Waals surface area (Å²) in [5.74, 6) is 0. The van der Waals surface area contributed by atoms with Gasteiger partial charge in [-0.15, -0.1) is 0 Å². The Hall–Kier alpha value is -3.42. The SMILES string of the molecule is CC1(C)C(c2ccccc2)=NN=C1c1cc([N+](=O)[O-])cc([N+](=O)[O-])c1. The highest BCUT2D eigenvalue weighted by Crippen LogP contribution is 2.35. The van der Waals surface area contributed by atoms with Crippen LogP contribution >= 0.6 is 0 Å². The predicted molar refractivity (Wildman–Crippen MR) is 93.0 cm³/mol. The molecule has 1 heterocycles. The minimum absolute atomic E-state index is 0.320. The molecule has 0 radical (unpaired) electrons. The Morgan fingerprint density at radius 3 is 1.76 bits per heavy atom. The van der Waals surface area contributed by atoms with Crippen LogP contribution in [0.1, 0.15) is 25.0 Å². The van der Waals surface area contributed by atoms with E-state index in [0.29, 0.717) is 17.0 Å². The highest BCUT2D eigenvalue weighted by molar-refractivity contribution is 6.25. The van der Waals surface area contributed by atoms with Crippen molar-refractivity contribution in [1.82, 2.24) is 0 Å². The largest absolute Gasteiger partial charge is 0.276 e. The van der Waals surface area contributed by atoms with Crippen LogP contribution in [0.2, 0.25) is 0 Å². The van der Waals surface area contributed by atoms with Gasteiger partial charge in [-0.1, -0.05) is 30.3 Å². The molecule has 0 atom stereocenters. The van der Waals surface area contributed by atoms with Crippen LogP contribution in [0.5, 0.6) is 0 Å². The first kappa shape index (κ1) is 16.4. The Morgan fingerprint density at radius 1 is 0.800 bits per heavy atom. The van der Waals surface area contributed by atoms with Gasteiger partial charge in [0.15, 0.2) is 0 Å². The monoisotopic (exact) mass is 338 g/mol. The zero-order valence-electron chi connectivity index (χ0n) is 13.5. The number of hydrogen-bond donors (Lipinski definition) is 0. The molecule has 0 unspecified atom stereocenters. The van der Waals surface area contributed by atoms with Crippen molar-refractivity contribution in [1.29, 1.82) is 0 Å². The summed E-state index contributed by atoms with van der Waals surface area (Å²) in [5, 5.41) is 30.6. The highest BCUT2D eigenvalue weighted by Gasteiger charge is 2.38. The lowest BCUT2D eigenvalue weighted by Gasteiger charge is -2.23. The fraction of sp³-hybridized carbons (Fsp3) is 0.176. The summed E-state index contributed by atoms with van der Waals surface area (Å²) in [5.41, 5.74) is 1.01. The summed E-state index contributed by atoms with van der Waals surface area (Å²) in [6, 6.07) is 13.0. The van der Waals surface area contributed by atoms with E-state index in [9.17, 15) is 20.2 Å². The zero-order chi connectivity index (χ0) is 18.2. The Labute approximate surface area is 142 Å². The average molecular weight is 338 g/mol. The van der Waals surface area contributed by atoms with Crippen LogP contribution in [-0.2, 0) is 0 Å². The number of hydrogen-bond acceptors (Lipinski definition) is 6. The number of nitro groups is 2. The summed E-state index contributed by atoms with van der Waals surface area (Å²) in [4.78, 5) is 20.9. The molecular formula is C17H14N4O4. The first-order valence-electron chi connectivity index (χ1n) is 7.47. The summed E-state index contributed by atoms with van der Waals surface area (Å²) < 4.78 is 0. The Balaban J connectivity index is 2.07. The molecule has 0 spiro atoms. The van der Waals surface area contributed by atoms with Crippen LogP contribution in [-0.4, -0.2) is 21.3 Å². The molecule has 2 aromatic rings. The second-order valence-corrected chi connectivity index (χ2v) is 6.14. The van der Waals surface area contributed by atoms with Crippen LogP contribution in [0.4, 0.5) is 11.4 Å². The molecule has 1 aliphatic heterocycles. The quantitative estimate of drug-likeness (QED) is 0.624. The molecular weight excluding hydrogens is 324 g/mol. The van der Waals surface area contributed by atoms with Gasteiger partial charge in [0.25, 0.3) is 11.4 Å². The Bertz CT molecular complexity index is 901. The number of rotatable bonds is 4. The van der Waals surface area contributed by atoms with Crippen LogP contribution in [0.3, 0.4) is 0 Å². The maximum atomic E-state index is 11.1. The zero-order valence-corrected chi connectivity index (χ0v) is 13.5. The lowest BCUT2D eigenvalue weighted by Crippen LogP contribution is -2.31. The average Bonchev–Trinajstić information content (AvgIpc) is 2.90. The van der Waals surface area contributed by atoms with Crippen molar-refractivity contribution in [3.63, 3.8) is 0 Å². The second-order valence-electron chi connectivity index (χ2n) is 6.14. The third-order valence-electron chi connectivity index (χ3n) is 4.08. The number of nitro benzene ring substituents is 2. The van der Waals surface area contributed by atoms with E-state index in [1.807, 2.05) is 44.2 Å². The highest BCUT2D eigenvalue weighted by atomic mass is 16.6. The van der Waals surface area contributed by atoms with Crippen molar-refractivity contribution in [2.24, 2.45) is 15.6 Å². The molecule has 0 aromatic heterocycles. The molecule has 2 aromatic carbocycles. The van der Waals surface area contributed by atoms with Gasteiger partial charge in [0, 0.05) is 17.7 Å². The van der Waals surface area contributed by atoms with E-state index in [0.717, 1.165) is 11.6 Å². The summed E-state index contributed by atoms with van der Waals surface area (Å²) in [6.07, 6.45) is 0. The van der Waals surface area contributed by atoms with Gasteiger partial charge in [-0.2, -0.15) is 10.2 Å². The standard InChI is InChI=1S/C17H14N4O4/c1-17(2)15(11-6-4-3-5-7-11)18-19-16(17)12-8-13(20(22)23)10-14(9-12)21(24)25/h3-10H,1-2H3. The molecule has 0 fully saturated rings. The summed E-state index contributed by atoms with van der Waals surface area (Å²) in [6.45, 7) is 3.77. The smallest absolute Gasteiger partial charge is 0.258 e. The minimum Gasteiger partial charge on any atom is -0.258 e. The Kier molecular flexibility index (Phi) is 3.88. The maximum Gasteiger partial charge on any atom is 0.276 e. The molecule has 8 nitrogen and oxygen atoms in total. The van der Waals surface area contributed by atoms with Crippen LogP contribution in [0, 0.1) is 25.6 Å². The molecule has 8 heteroatoms. The van der Waals surface area contributed by atoms with Crippen LogP contribution in [0.15, 0.2) is 58.7 Å². The molecule has 25 heavy (non-hydrogen) atoms. The number of nitrogens with zero attached hydrogens (tertiary/aromatic N) is 4. The fourth-order valence-corrected chi connectivity index (χ4v) is 2.84. The summed E-state index contributed by atoms with van der Waals surface area (Å²) in [7, 11) is 0. The minimum atomic E-state index is -0.655. The summed E-state index contributed by atoms with van der Waals surface area (Å²) >= 11 is 0. The van der Waals surface area contributed by atoms with E-state index in [-0.39, 0.29) is 11.4 Å². The molecule has 0 saturated carbocycles. The molecule has 3 rings (SSSR count). The topological polar surface area (TPSA) is 111 Å². The fourth-order valence-electron chi connectivity index (χ4n) is 2.84. The van der Waals surface area contributed by atoms with Crippen molar-refractivity contribution in [2.75, 3.05) is 0 Å². The van der Waals surface area contributed by atoms with E-state index in [4.69, 9.17) is 0 Å². The molecule has 0 bridgehead atoms. The number of benzene rings is 2. The maximum absolute atomic E-state index is 11.1. The van der Waals surface area contributed by atoms with Crippen molar-refractivity contribution < 1.29 is 9.85 Å². The second kappa shape index (κ2) is 5.90. The lowest BCUT2D eigenvalue weighted by molar-refractivity contribution is -0.394. The number of non-ortho nitro benzene ring substituents is 2. The van der Waals surface area contributed by atoms with Crippen molar-refractivity contribution in [2.45, 2.75) is 13.8 Å². The first-order valence-corrected chi connectivity index (χ1v) is 7.47. The van der Waals surface area contributed by atoms with E-state index >= 15 is 0 Å². The van der Waals surface area contributed by atoms with Gasteiger partial charge < -0.3 is 0 Å². The van der Waals surface area contributed by atoms with Gasteiger partial charge in [0.2, 0.25) is 0 Å². The van der Waals surface area contributed by atoms with Crippen LogP contribution in [0.25, 0.3) is 0 Å². The van der Waals surface area contributed by atoms with Crippen molar-refractivity contribution in [3.05, 3.63) is 79.9 Å². The normalized spacial score (nSPS) is 15.4.